The van der Waals surface area contributed by atoms with E-state index in [1.54, 1.807) is 12.4 Å². The van der Waals surface area contributed by atoms with E-state index >= 15 is 0 Å². The summed E-state index contributed by atoms with van der Waals surface area (Å²) in [5.41, 5.74) is 2.39. The summed E-state index contributed by atoms with van der Waals surface area (Å²) in [5.74, 6) is -1.09. The fourth-order valence-electron chi connectivity index (χ4n) is 2.89. The molecule has 5 nitrogen and oxygen atoms in total. The third kappa shape index (κ3) is 5.43. The quantitative estimate of drug-likeness (QED) is 0.280. The third-order valence-corrected chi connectivity index (χ3v) is 4.52. The van der Waals surface area contributed by atoms with Crippen molar-refractivity contribution in [1.29, 1.82) is 0 Å². The minimum absolute atomic E-state index is 0.218. The van der Waals surface area contributed by atoms with Gasteiger partial charge >= 0.3 is 0 Å². The zero-order chi connectivity index (χ0) is 18.8. The third-order valence-electron chi connectivity index (χ3n) is 4.52. The van der Waals surface area contributed by atoms with Crippen LogP contribution in [0, 0.1) is 5.41 Å². The second kappa shape index (κ2) is 9.73. The van der Waals surface area contributed by atoms with Crippen molar-refractivity contribution in [2.24, 2.45) is 5.41 Å². The number of unbranched alkanes of at least 4 members (excludes halogenated alkanes) is 1. The summed E-state index contributed by atoms with van der Waals surface area (Å²) in [6, 6.07) is 19.5. The maximum atomic E-state index is 12.6. The lowest BCUT2D eigenvalue weighted by atomic mass is 9.81. The Hall–Kier alpha value is -2.66. The number of amides is 2. The van der Waals surface area contributed by atoms with E-state index in [9.17, 15) is 9.59 Å². The van der Waals surface area contributed by atoms with Crippen LogP contribution < -0.4 is 10.8 Å². The average molecular weight is 354 g/mol. The van der Waals surface area contributed by atoms with Crippen LogP contribution in [0.2, 0.25) is 0 Å². The van der Waals surface area contributed by atoms with Crippen molar-refractivity contribution in [2.75, 3.05) is 6.54 Å². The van der Waals surface area contributed by atoms with E-state index in [2.05, 4.69) is 17.4 Å². The number of rotatable bonds is 9. The summed E-state index contributed by atoms with van der Waals surface area (Å²) in [5, 5.41) is 11.9. The molecule has 5 heteroatoms. The van der Waals surface area contributed by atoms with Crippen LogP contribution in [0.5, 0.6) is 0 Å². The molecular formula is C21H26N2O3. The fourth-order valence-corrected chi connectivity index (χ4v) is 2.89. The van der Waals surface area contributed by atoms with Gasteiger partial charge in [0.15, 0.2) is 0 Å². The van der Waals surface area contributed by atoms with Crippen LogP contribution in [-0.4, -0.2) is 23.6 Å². The first-order valence-electron chi connectivity index (χ1n) is 8.87. The maximum absolute atomic E-state index is 12.6. The Labute approximate surface area is 154 Å². The normalized spacial score (nSPS) is 12.8. The largest absolute Gasteiger partial charge is 0.355 e. The van der Waals surface area contributed by atoms with Crippen LogP contribution in [0.4, 0.5) is 0 Å². The van der Waals surface area contributed by atoms with E-state index in [1.165, 1.54) is 5.56 Å². The molecule has 0 bridgehead atoms. The number of nitrogens with one attached hydrogen (secondary N) is 2. The number of hydrogen-bond acceptors (Lipinski definition) is 3. The van der Waals surface area contributed by atoms with Gasteiger partial charge in [0.25, 0.3) is 5.91 Å². The standard InChI is InChI=1S/C21H26N2O3/c1-21(20(25)23-26,16-18-13-6-3-7-14-18)19(24)22-15-9-8-12-17-10-4-2-5-11-17/h2-7,10-11,13-14,26H,8-9,12,15-16H2,1H3,(H,22,24)(H,23,25)/t21-/m1/s1. The van der Waals surface area contributed by atoms with E-state index < -0.39 is 11.3 Å². The summed E-state index contributed by atoms with van der Waals surface area (Å²) in [6.45, 7) is 2.04. The van der Waals surface area contributed by atoms with Crippen LogP contribution in [0.25, 0.3) is 0 Å². The molecule has 138 valence electrons. The van der Waals surface area contributed by atoms with Gasteiger partial charge in [0.1, 0.15) is 5.41 Å². The molecule has 2 aromatic rings. The first kappa shape index (κ1) is 19.7. The predicted octanol–water partition coefficient (Wildman–Crippen LogP) is 2.88. The summed E-state index contributed by atoms with van der Waals surface area (Å²) in [7, 11) is 0. The molecule has 2 aromatic carbocycles. The van der Waals surface area contributed by atoms with E-state index in [-0.39, 0.29) is 12.3 Å². The molecule has 0 saturated heterocycles. The lowest BCUT2D eigenvalue weighted by molar-refractivity contribution is -0.148. The molecule has 0 saturated carbocycles. The van der Waals surface area contributed by atoms with Gasteiger partial charge in [0.2, 0.25) is 5.91 Å². The highest BCUT2D eigenvalue weighted by Gasteiger charge is 2.41. The van der Waals surface area contributed by atoms with Crippen molar-refractivity contribution in [3.05, 3.63) is 71.8 Å². The molecular weight excluding hydrogens is 328 g/mol. The van der Waals surface area contributed by atoms with Gasteiger partial charge in [-0.25, -0.2) is 5.48 Å². The minimum Gasteiger partial charge on any atom is -0.355 e. The minimum atomic E-state index is -1.37. The van der Waals surface area contributed by atoms with E-state index in [1.807, 2.05) is 48.5 Å². The van der Waals surface area contributed by atoms with Crippen LogP contribution in [0.3, 0.4) is 0 Å². The topological polar surface area (TPSA) is 78.4 Å². The van der Waals surface area contributed by atoms with Gasteiger partial charge in [-0.2, -0.15) is 0 Å². The highest BCUT2D eigenvalue weighted by molar-refractivity contribution is 6.04. The number of hydroxylamine groups is 1. The molecule has 0 fully saturated rings. The summed E-state index contributed by atoms with van der Waals surface area (Å²) in [4.78, 5) is 24.8. The Morgan fingerprint density at radius 1 is 0.885 bits per heavy atom. The first-order valence-corrected chi connectivity index (χ1v) is 8.87. The summed E-state index contributed by atoms with van der Waals surface area (Å²) in [6.07, 6.45) is 2.94. The maximum Gasteiger partial charge on any atom is 0.259 e. The van der Waals surface area contributed by atoms with Crippen LogP contribution in [0.1, 0.15) is 30.9 Å². The summed E-state index contributed by atoms with van der Waals surface area (Å²) >= 11 is 0. The van der Waals surface area contributed by atoms with Crippen LogP contribution in [0.15, 0.2) is 60.7 Å². The van der Waals surface area contributed by atoms with Gasteiger partial charge in [-0.15, -0.1) is 0 Å². The molecule has 0 radical (unpaired) electrons. The molecule has 2 amide bonds. The van der Waals surface area contributed by atoms with E-state index in [4.69, 9.17) is 5.21 Å². The number of aryl methyl sites for hydroxylation is 1. The second-order valence-electron chi connectivity index (χ2n) is 6.63. The Kier molecular flexibility index (Phi) is 7.36. The zero-order valence-corrected chi connectivity index (χ0v) is 15.1. The first-order chi connectivity index (χ1) is 12.6. The SMILES string of the molecule is C[C@](Cc1ccccc1)(C(=O)NO)C(=O)NCCCCc1ccccc1. The summed E-state index contributed by atoms with van der Waals surface area (Å²) < 4.78 is 0. The molecule has 0 aliphatic heterocycles. The number of hydrogen-bond donors (Lipinski definition) is 3. The lowest BCUT2D eigenvalue weighted by Gasteiger charge is -2.26. The molecule has 0 unspecified atom stereocenters. The zero-order valence-electron chi connectivity index (χ0n) is 15.1. The van der Waals surface area contributed by atoms with Gasteiger partial charge < -0.3 is 5.32 Å². The van der Waals surface area contributed by atoms with Gasteiger partial charge in [-0.1, -0.05) is 60.7 Å². The van der Waals surface area contributed by atoms with Gasteiger partial charge in [0.05, 0.1) is 0 Å². The van der Waals surface area contributed by atoms with Crippen molar-refractivity contribution in [1.82, 2.24) is 10.8 Å². The van der Waals surface area contributed by atoms with Crippen molar-refractivity contribution in [3.63, 3.8) is 0 Å². The Bertz CT molecular complexity index is 704. The molecule has 0 spiro atoms. The number of benzene rings is 2. The van der Waals surface area contributed by atoms with E-state index in [0.717, 1.165) is 24.8 Å². The molecule has 0 aliphatic rings. The van der Waals surface area contributed by atoms with Gasteiger partial charge in [-0.3, -0.25) is 14.8 Å². The lowest BCUT2D eigenvalue weighted by Crippen LogP contribution is -2.50. The van der Waals surface area contributed by atoms with Gasteiger partial charge in [0, 0.05) is 6.54 Å². The number of carbonyl (C=O) groups is 2. The fraction of sp³-hybridized carbons (Fsp3) is 0.333. The predicted molar refractivity (Wildman–Crippen MR) is 101 cm³/mol. The molecule has 2 rings (SSSR count). The second-order valence-corrected chi connectivity index (χ2v) is 6.63. The van der Waals surface area contributed by atoms with Crippen LogP contribution >= 0.6 is 0 Å². The molecule has 3 N–H and O–H groups in total. The molecule has 1 atom stereocenters. The number of carbonyl (C=O) groups excluding carboxylic acids is 2. The van der Waals surface area contributed by atoms with E-state index in [0.29, 0.717) is 6.54 Å². The molecule has 0 aliphatic carbocycles. The van der Waals surface area contributed by atoms with Crippen LogP contribution in [-0.2, 0) is 22.4 Å². The highest BCUT2D eigenvalue weighted by Crippen LogP contribution is 2.23. The Morgan fingerprint density at radius 3 is 2.04 bits per heavy atom. The van der Waals surface area contributed by atoms with Crippen molar-refractivity contribution in [2.45, 2.75) is 32.6 Å². The Morgan fingerprint density at radius 2 is 1.46 bits per heavy atom. The highest BCUT2D eigenvalue weighted by atomic mass is 16.5. The smallest absolute Gasteiger partial charge is 0.259 e. The van der Waals surface area contributed by atoms with Crippen molar-refractivity contribution < 1.29 is 14.8 Å². The molecule has 0 aromatic heterocycles. The Balaban J connectivity index is 1.87. The average Bonchev–Trinajstić information content (AvgIpc) is 2.68. The molecule has 26 heavy (non-hydrogen) atoms. The van der Waals surface area contributed by atoms with Gasteiger partial charge in [-0.05, 0) is 43.7 Å². The molecule has 0 heterocycles. The van der Waals surface area contributed by atoms with Crippen molar-refractivity contribution >= 4 is 11.8 Å². The van der Waals surface area contributed by atoms with Crippen molar-refractivity contribution in [3.8, 4) is 0 Å². The monoisotopic (exact) mass is 354 g/mol.